The number of carbonyl (C=O) groups excluding carboxylic acids is 1. The molecule has 0 radical (unpaired) electrons. The van der Waals surface area contributed by atoms with Gasteiger partial charge in [-0.1, -0.05) is 0 Å². The van der Waals surface area contributed by atoms with E-state index >= 15 is 0 Å². The number of nitrogens with two attached hydrogens (primary N) is 1. The maximum atomic E-state index is 10.3. The second-order valence-electron chi connectivity index (χ2n) is 4.21. The summed E-state index contributed by atoms with van der Waals surface area (Å²) in [6, 6.07) is 0. The highest BCUT2D eigenvalue weighted by Crippen LogP contribution is 2.12. The number of amides is 1. The number of hydrogen-bond donors (Lipinski definition) is 3. The minimum Gasteiger partial charge on any atom is -0.448 e. The second kappa shape index (κ2) is 9.65. The average molecular weight is 303 g/mol. The Kier molecular flexibility index (Phi) is 8.12. The Bertz CT molecular complexity index is 400. The number of hydrogen-bond acceptors (Lipinski definition) is 7. The molecule has 4 N–H and O–H groups in total. The zero-order valence-corrected chi connectivity index (χ0v) is 12.3. The molecule has 0 aromatic carbocycles. The first kappa shape index (κ1) is 16.8. The van der Waals surface area contributed by atoms with Gasteiger partial charge in [0, 0.05) is 24.4 Å². The number of aliphatic hydroxyl groups excluding tert-OH is 1. The smallest absolute Gasteiger partial charge is 0.404 e. The Morgan fingerprint density at radius 2 is 2.40 bits per heavy atom. The fourth-order valence-electron chi connectivity index (χ4n) is 1.50. The van der Waals surface area contributed by atoms with Crippen LogP contribution in [0.2, 0.25) is 0 Å². The van der Waals surface area contributed by atoms with E-state index < -0.39 is 12.2 Å². The molecule has 1 atom stereocenters. The van der Waals surface area contributed by atoms with Crippen molar-refractivity contribution in [1.29, 1.82) is 0 Å². The third-order valence-electron chi connectivity index (χ3n) is 2.53. The van der Waals surface area contributed by atoms with Crippen LogP contribution in [0.4, 0.5) is 4.79 Å². The van der Waals surface area contributed by atoms with Crippen LogP contribution < -0.4 is 11.1 Å². The van der Waals surface area contributed by atoms with E-state index in [0.717, 1.165) is 12.1 Å². The van der Waals surface area contributed by atoms with Gasteiger partial charge in [-0.15, -0.1) is 11.3 Å². The summed E-state index contributed by atoms with van der Waals surface area (Å²) in [4.78, 5) is 15.7. The normalized spacial score (nSPS) is 12.3. The van der Waals surface area contributed by atoms with Crippen molar-refractivity contribution in [2.24, 2.45) is 5.73 Å². The number of aromatic nitrogens is 1. The molecule has 0 aliphatic heterocycles. The molecule has 1 rings (SSSR count). The van der Waals surface area contributed by atoms with Crippen LogP contribution >= 0.6 is 11.3 Å². The largest absolute Gasteiger partial charge is 0.448 e. The van der Waals surface area contributed by atoms with Crippen molar-refractivity contribution in [3.8, 4) is 0 Å². The topological polar surface area (TPSA) is 107 Å². The summed E-state index contributed by atoms with van der Waals surface area (Å²) in [5.41, 5.74) is 7.66. The first-order valence-electron chi connectivity index (χ1n) is 6.37. The van der Waals surface area contributed by atoms with E-state index in [1.165, 1.54) is 4.88 Å². The van der Waals surface area contributed by atoms with Crippen LogP contribution in [-0.4, -0.2) is 55.2 Å². The molecule has 0 spiro atoms. The van der Waals surface area contributed by atoms with E-state index in [9.17, 15) is 9.90 Å². The van der Waals surface area contributed by atoms with Gasteiger partial charge in [-0.2, -0.15) is 0 Å². The fraction of sp³-hybridized carbons (Fsp3) is 0.667. The second-order valence-corrected chi connectivity index (χ2v) is 5.15. The molecule has 7 nitrogen and oxygen atoms in total. The van der Waals surface area contributed by atoms with Crippen molar-refractivity contribution < 1.29 is 19.4 Å². The van der Waals surface area contributed by atoms with E-state index in [1.54, 1.807) is 11.3 Å². The molecule has 20 heavy (non-hydrogen) atoms. The van der Waals surface area contributed by atoms with Crippen LogP contribution in [0, 0.1) is 6.92 Å². The molecule has 1 heterocycles. The van der Waals surface area contributed by atoms with Gasteiger partial charge < -0.3 is 25.6 Å². The third kappa shape index (κ3) is 7.39. The van der Waals surface area contributed by atoms with Crippen molar-refractivity contribution in [3.63, 3.8) is 0 Å². The highest BCUT2D eigenvalue weighted by atomic mass is 32.1. The van der Waals surface area contributed by atoms with Crippen LogP contribution in [0.15, 0.2) is 5.51 Å². The molecule has 0 aliphatic rings. The zero-order valence-electron chi connectivity index (χ0n) is 11.5. The average Bonchev–Trinajstić information content (AvgIpc) is 2.79. The van der Waals surface area contributed by atoms with E-state index in [0.29, 0.717) is 19.7 Å². The Hall–Kier alpha value is -1.22. The monoisotopic (exact) mass is 303 g/mol. The molecule has 0 saturated heterocycles. The van der Waals surface area contributed by atoms with E-state index in [1.807, 2.05) is 12.4 Å². The molecule has 1 aromatic heterocycles. The first-order valence-corrected chi connectivity index (χ1v) is 7.25. The number of ether oxygens (including phenoxy) is 2. The van der Waals surface area contributed by atoms with Crippen molar-refractivity contribution >= 4 is 17.4 Å². The van der Waals surface area contributed by atoms with E-state index in [2.05, 4.69) is 15.0 Å². The number of nitrogens with zero attached hydrogens (tertiary/aromatic N) is 1. The fourth-order valence-corrected chi connectivity index (χ4v) is 2.26. The lowest BCUT2D eigenvalue weighted by molar-refractivity contribution is 0.0379. The minimum absolute atomic E-state index is 0.188. The van der Waals surface area contributed by atoms with Crippen LogP contribution in [0.1, 0.15) is 10.6 Å². The Labute approximate surface area is 122 Å². The molecular formula is C12H21N3O4S. The molecule has 0 aliphatic carbocycles. The molecule has 0 saturated carbocycles. The summed E-state index contributed by atoms with van der Waals surface area (Å²) in [5.74, 6) is 0. The summed E-state index contributed by atoms with van der Waals surface area (Å²) in [5, 5.41) is 12.6. The lowest BCUT2D eigenvalue weighted by atomic mass is 10.3. The lowest BCUT2D eigenvalue weighted by Gasteiger charge is -2.12. The summed E-state index contributed by atoms with van der Waals surface area (Å²) in [6.07, 6.45) is -0.580. The van der Waals surface area contributed by atoms with Gasteiger partial charge >= 0.3 is 6.09 Å². The van der Waals surface area contributed by atoms with Crippen LogP contribution in [-0.2, 0) is 15.9 Å². The Morgan fingerprint density at radius 3 is 3.05 bits per heavy atom. The maximum Gasteiger partial charge on any atom is 0.404 e. The van der Waals surface area contributed by atoms with Crippen LogP contribution in [0.3, 0.4) is 0 Å². The molecule has 114 valence electrons. The predicted molar refractivity (Wildman–Crippen MR) is 75.8 cm³/mol. The van der Waals surface area contributed by atoms with Crippen molar-refractivity contribution in [2.75, 3.05) is 32.9 Å². The number of primary amides is 1. The van der Waals surface area contributed by atoms with Crippen LogP contribution in [0.25, 0.3) is 0 Å². The van der Waals surface area contributed by atoms with Gasteiger partial charge in [-0.25, -0.2) is 9.78 Å². The van der Waals surface area contributed by atoms with Crippen molar-refractivity contribution in [2.45, 2.75) is 19.4 Å². The molecule has 0 fully saturated rings. The number of aryl methyl sites for hydroxylation is 1. The van der Waals surface area contributed by atoms with Gasteiger partial charge in [0.2, 0.25) is 0 Å². The number of aliphatic hydroxyl groups is 1. The number of nitrogens with one attached hydrogen (secondary N) is 1. The summed E-state index contributed by atoms with van der Waals surface area (Å²) in [6.45, 7) is 3.81. The molecule has 1 unspecified atom stereocenters. The van der Waals surface area contributed by atoms with Gasteiger partial charge in [0.1, 0.15) is 6.61 Å². The number of thiazole rings is 1. The minimum atomic E-state index is -0.797. The highest BCUT2D eigenvalue weighted by Gasteiger charge is 2.05. The molecular weight excluding hydrogens is 282 g/mol. The molecule has 1 amide bonds. The standard InChI is InChI=1S/C12H21N3O4S/c1-9-11(20-8-15-9)2-4-18-7-10(16)6-14-3-5-19-12(13)17/h8,10,14,16H,2-7H2,1H3,(H2,13,17). The third-order valence-corrected chi connectivity index (χ3v) is 3.53. The van der Waals surface area contributed by atoms with Crippen molar-refractivity contribution in [3.05, 3.63) is 16.1 Å². The SMILES string of the molecule is Cc1ncsc1CCOCC(O)CNCCOC(N)=O. The molecule has 8 heteroatoms. The highest BCUT2D eigenvalue weighted by molar-refractivity contribution is 7.09. The number of carbonyl (C=O) groups is 1. The number of rotatable bonds is 10. The zero-order chi connectivity index (χ0) is 14.8. The summed E-state index contributed by atoms with van der Waals surface area (Å²) >= 11 is 1.61. The Balaban J connectivity index is 1.96. The summed E-state index contributed by atoms with van der Waals surface area (Å²) < 4.78 is 9.94. The predicted octanol–water partition coefficient (Wildman–Crippen LogP) is 0.0564. The van der Waals surface area contributed by atoms with Crippen molar-refractivity contribution in [1.82, 2.24) is 10.3 Å². The molecule has 0 bridgehead atoms. The van der Waals surface area contributed by atoms with Crippen LogP contribution in [0.5, 0.6) is 0 Å². The lowest BCUT2D eigenvalue weighted by Crippen LogP contribution is -2.33. The van der Waals surface area contributed by atoms with Gasteiger partial charge in [0.15, 0.2) is 0 Å². The van der Waals surface area contributed by atoms with Gasteiger partial charge in [0.25, 0.3) is 0 Å². The van der Waals surface area contributed by atoms with E-state index in [4.69, 9.17) is 10.5 Å². The van der Waals surface area contributed by atoms with Gasteiger partial charge in [-0.3, -0.25) is 0 Å². The Morgan fingerprint density at radius 1 is 1.60 bits per heavy atom. The molecule has 1 aromatic rings. The quantitative estimate of drug-likeness (QED) is 0.528. The van der Waals surface area contributed by atoms with Gasteiger partial charge in [-0.05, 0) is 6.92 Å². The summed E-state index contributed by atoms with van der Waals surface area (Å²) in [7, 11) is 0. The first-order chi connectivity index (χ1) is 9.59. The van der Waals surface area contributed by atoms with Gasteiger partial charge in [0.05, 0.1) is 30.5 Å². The maximum absolute atomic E-state index is 10.3. The van der Waals surface area contributed by atoms with E-state index in [-0.39, 0.29) is 13.2 Å².